The van der Waals surface area contributed by atoms with Crippen molar-refractivity contribution in [3.63, 3.8) is 0 Å². The fourth-order valence-electron chi connectivity index (χ4n) is 3.33. The highest BCUT2D eigenvalue weighted by molar-refractivity contribution is 5.50. The zero-order valence-corrected chi connectivity index (χ0v) is 10.9. The largest absolute Gasteiger partial charge is 0.350 e. The topological polar surface area (TPSA) is 40.9 Å². The Bertz CT molecular complexity index is 693. The summed E-state index contributed by atoms with van der Waals surface area (Å²) in [5.41, 5.74) is 0.720. The fourth-order valence-corrected chi connectivity index (χ4v) is 3.33. The minimum Gasteiger partial charge on any atom is -0.350 e. The number of likely N-dealkylation sites (N-methyl/N-ethyl adjacent to an activating group) is 1. The molecule has 4 heterocycles. The second-order valence-electron chi connectivity index (χ2n) is 5.52. The van der Waals surface area contributed by atoms with Crippen LogP contribution in [-0.4, -0.2) is 46.5 Å². The van der Waals surface area contributed by atoms with Gasteiger partial charge in [-0.2, -0.15) is 0 Å². The van der Waals surface area contributed by atoms with Gasteiger partial charge in [-0.1, -0.05) is 6.07 Å². The molecule has 0 aliphatic carbocycles. The molecule has 0 N–H and O–H groups in total. The van der Waals surface area contributed by atoms with Crippen LogP contribution in [0.5, 0.6) is 0 Å². The van der Waals surface area contributed by atoms with Crippen LogP contribution in [0.3, 0.4) is 0 Å². The Morgan fingerprint density at radius 1 is 1.26 bits per heavy atom. The molecule has 2 fully saturated rings. The molecule has 0 aromatic carbocycles. The monoisotopic (exact) mass is 256 g/mol. The van der Waals surface area contributed by atoms with Crippen LogP contribution in [0, 0.1) is 0 Å². The molecule has 5 heteroatoms. The fraction of sp³-hybridized carbons (Fsp3) is 0.429. The quantitative estimate of drug-likeness (QED) is 0.748. The van der Waals surface area contributed by atoms with Gasteiger partial charge in [-0.05, 0) is 25.6 Å². The van der Waals surface area contributed by atoms with E-state index in [0.29, 0.717) is 12.1 Å². The van der Waals surface area contributed by atoms with Gasteiger partial charge in [0.1, 0.15) is 11.5 Å². The number of rotatable bonds is 1. The third-order valence-corrected chi connectivity index (χ3v) is 4.37. The van der Waals surface area contributed by atoms with Crippen LogP contribution in [0.1, 0.15) is 6.42 Å². The van der Waals surface area contributed by atoms with Gasteiger partial charge in [0.15, 0.2) is 0 Å². The van der Waals surface area contributed by atoms with E-state index in [4.69, 9.17) is 0 Å². The van der Waals surface area contributed by atoms with Crippen LogP contribution < -0.4 is 10.5 Å². The molecule has 2 aliphatic heterocycles. The first-order valence-electron chi connectivity index (χ1n) is 6.68. The van der Waals surface area contributed by atoms with E-state index >= 15 is 0 Å². The lowest BCUT2D eigenvalue weighted by Crippen LogP contribution is -2.45. The van der Waals surface area contributed by atoms with Gasteiger partial charge in [-0.25, -0.2) is 4.98 Å². The summed E-state index contributed by atoms with van der Waals surface area (Å²) in [5, 5.41) is 0. The maximum absolute atomic E-state index is 12.1. The van der Waals surface area contributed by atoms with E-state index in [0.717, 1.165) is 24.6 Å². The Balaban J connectivity index is 1.79. The third-order valence-electron chi connectivity index (χ3n) is 4.37. The highest BCUT2D eigenvalue weighted by Gasteiger charge is 2.42. The van der Waals surface area contributed by atoms with Crippen molar-refractivity contribution in [2.24, 2.45) is 0 Å². The number of hydrogen-bond donors (Lipinski definition) is 0. The van der Waals surface area contributed by atoms with Gasteiger partial charge in [0.05, 0.1) is 0 Å². The number of hydrogen-bond acceptors (Lipinski definition) is 4. The highest BCUT2D eigenvalue weighted by atomic mass is 16.1. The molecule has 5 nitrogen and oxygen atoms in total. The SMILES string of the molecule is CN1C[C@@H]2C[C@H]1CN2c1cc(=O)n2ccccc2n1. The van der Waals surface area contributed by atoms with Crippen molar-refractivity contribution >= 4 is 11.5 Å². The number of anilines is 1. The lowest BCUT2D eigenvalue weighted by Gasteiger charge is -2.32. The number of likely N-dealkylation sites (tertiary alicyclic amines) is 1. The van der Waals surface area contributed by atoms with E-state index in [2.05, 4.69) is 21.8 Å². The molecule has 2 aliphatic rings. The summed E-state index contributed by atoms with van der Waals surface area (Å²) in [4.78, 5) is 21.4. The van der Waals surface area contributed by atoms with E-state index in [1.165, 1.54) is 6.42 Å². The molecule has 0 unspecified atom stereocenters. The average molecular weight is 256 g/mol. The number of piperazine rings is 1. The smallest absolute Gasteiger partial charge is 0.259 e. The second kappa shape index (κ2) is 3.81. The molecule has 2 bridgehead atoms. The van der Waals surface area contributed by atoms with Gasteiger partial charge in [-0.3, -0.25) is 14.1 Å². The summed E-state index contributed by atoms with van der Waals surface area (Å²) in [6.45, 7) is 2.05. The Morgan fingerprint density at radius 2 is 2.16 bits per heavy atom. The lowest BCUT2D eigenvalue weighted by molar-refractivity contribution is 0.292. The van der Waals surface area contributed by atoms with Crippen molar-refractivity contribution in [3.8, 4) is 0 Å². The molecule has 0 spiro atoms. The second-order valence-corrected chi connectivity index (χ2v) is 5.52. The summed E-state index contributed by atoms with van der Waals surface area (Å²) in [5.74, 6) is 0.830. The molecule has 4 rings (SSSR count). The van der Waals surface area contributed by atoms with Crippen LogP contribution in [0.2, 0.25) is 0 Å². The maximum atomic E-state index is 12.1. The van der Waals surface area contributed by atoms with E-state index in [1.807, 2.05) is 18.2 Å². The van der Waals surface area contributed by atoms with Crippen molar-refractivity contribution in [3.05, 3.63) is 40.8 Å². The summed E-state index contributed by atoms with van der Waals surface area (Å²) >= 11 is 0. The van der Waals surface area contributed by atoms with Crippen LogP contribution in [0.4, 0.5) is 5.82 Å². The van der Waals surface area contributed by atoms with E-state index in [-0.39, 0.29) is 5.56 Å². The molecular weight excluding hydrogens is 240 g/mol. The summed E-state index contributed by atoms with van der Waals surface area (Å²) < 4.78 is 1.59. The summed E-state index contributed by atoms with van der Waals surface area (Å²) in [6.07, 6.45) is 2.95. The molecule has 98 valence electrons. The zero-order chi connectivity index (χ0) is 13.0. The highest BCUT2D eigenvalue weighted by Crippen LogP contribution is 2.32. The predicted octanol–water partition coefficient (Wildman–Crippen LogP) is 0.587. The van der Waals surface area contributed by atoms with Gasteiger partial charge in [0.25, 0.3) is 5.56 Å². The zero-order valence-electron chi connectivity index (χ0n) is 10.9. The Kier molecular flexibility index (Phi) is 2.20. The van der Waals surface area contributed by atoms with Gasteiger partial charge in [0.2, 0.25) is 0 Å². The molecule has 2 aromatic heterocycles. The van der Waals surface area contributed by atoms with E-state index in [1.54, 1.807) is 16.7 Å². The average Bonchev–Trinajstić information content (AvgIpc) is 2.97. The molecule has 2 atom stereocenters. The number of fused-ring (bicyclic) bond motifs is 3. The first kappa shape index (κ1) is 11.0. The molecular formula is C14H16N4O. The molecule has 2 aromatic rings. The normalized spacial score (nSPS) is 26.5. The van der Waals surface area contributed by atoms with Crippen LogP contribution in [0.15, 0.2) is 35.3 Å². The Hall–Kier alpha value is -1.88. The number of nitrogens with zero attached hydrogens (tertiary/aromatic N) is 4. The minimum atomic E-state index is -0.00303. The summed E-state index contributed by atoms with van der Waals surface area (Å²) in [7, 11) is 2.17. The molecule has 0 saturated carbocycles. The first-order valence-corrected chi connectivity index (χ1v) is 6.68. The van der Waals surface area contributed by atoms with Crippen LogP contribution >= 0.6 is 0 Å². The number of aromatic nitrogens is 2. The van der Waals surface area contributed by atoms with Crippen molar-refractivity contribution in [2.75, 3.05) is 25.0 Å². The molecule has 0 radical (unpaired) electrons. The number of pyridine rings is 1. The molecule has 19 heavy (non-hydrogen) atoms. The van der Waals surface area contributed by atoms with Crippen LogP contribution in [0.25, 0.3) is 5.65 Å². The van der Waals surface area contributed by atoms with Crippen molar-refractivity contribution < 1.29 is 0 Å². The van der Waals surface area contributed by atoms with Crippen molar-refractivity contribution in [1.29, 1.82) is 0 Å². The maximum Gasteiger partial charge on any atom is 0.259 e. The van der Waals surface area contributed by atoms with Crippen molar-refractivity contribution in [1.82, 2.24) is 14.3 Å². The minimum absolute atomic E-state index is 0.00303. The third kappa shape index (κ3) is 1.58. The van der Waals surface area contributed by atoms with Gasteiger partial charge < -0.3 is 4.90 Å². The van der Waals surface area contributed by atoms with Crippen molar-refractivity contribution in [2.45, 2.75) is 18.5 Å². The standard InChI is InChI=1S/C14H16N4O/c1-16-8-11-6-10(16)9-18(11)13-7-14(19)17-5-3-2-4-12(17)15-13/h2-5,7,10-11H,6,8-9H2,1H3/t10-,11-/m0/s1. The Morgan fingerprint density at radius 3 is 2.89 bits per heavy atom. The van der Waals surface area contributed by atoms with Crippen LogP contribution in [-0.2, 0) is 0 Å². The summed E-state index contributed by atoms with van der Waals surface area (Å²) in [6, 6.07) is 8.42. The van der Waals surface area contributed by atoms with E-state index < -0.39 is 0 Å². The molecule has 0 amide bonds. The van der Waals surface area contributed by atoms with Gasteiger partial charge >= 0.3 is 0 Å². The van der Waals surface area contributed by atoms with E-state index in [9.17, 15) is 4.79 Å². The van der Waals surface area contributed by atoms with Gasteiger partial charge in [0, 0.05) is 37.4 Å². The lowest BCUT2D eigenvalue weighted by atomic mass is 10.2. The Labute approximate surface area is 111 Å². The van der Waals surface area contributed by atoms with Gasteiger partial charge in [-0.15, -0.1) is 0 Å². The molecule has 2 saturated heterocycles. The first-order chi connectivity index (χ1) is 9.22. The predicted molar refractivity (Wildman–Crippen MR) is 73.6 cm³/mol.